The number of aromatic nitrogens is 3. The molecule has 2 rings (SSSR count). The van der Waals surface area contributed by atoms with E-state index in [1.54, 1.807) is 13.2 Å². The minimum atomic E-state index is 0.0121. The molecule has 0 radical (unpaired) electrons. The first-order chi connectivity index (χ1) is 12.7. The van der Waals surface area contributed by atoms with Gasteiger partial charge in [-0.3, -0.25) is 9.36 Å². The molecule has 0 bridgehead atoms. The summed E-state index contributed by atoms with van der Waals surface area (Å²) in [7, 11) is 1.63. The predicted molar refractivity (Wildman–Crippen MR) is 105 cm³/mol. The van der Waals surface area contributed by atoms with Crippen LogP contribution in [-0.4, -0.2) is 40.1 Å². The van der Waals surface area contributed by atoms with Gasteiger partial charge in [-0.05, 0) is 18.6 Å². The van der Waals surface area contributed by atoms with Gasteiger partial charge in [0.1, 0.15) is 5.75 Å². The number of para-hydroxylation sites is 1. The van der Waals surface area contributed by atoms with E-state index in [2.05, 4.69) is 29.0 Å². The molecule has 0 saturated carbocycles. The number of carbonyl (C=O) groups excluding carboxylic acids is 1. The smallest absolute Gasteiger partial charge is 0.230 e. The molecule has 0 aliphatic rings. The third-order valence-corrected chi connectivity index (χ3v) is 4.78. The van der Waals surface area contributed by atoms with Crippen LogP contribution in [0, 0.1) is 0 Å². The summed E-state index contributed by atoms with van der Waals surface area (Å²) in [6.45, 7) is 7.23. The number of nitrogens with zero attached hydrogens (tertiary/aromatic N) is 3. The normalized spacial score (nSPS) is 10.5. The van der Waals surface area contributed by atoms with E-state index in [1.807, 2.05) is 28.8 Å². The zero-order valence-electron chi connectivity index (χ0n) is 15.4. The van der Waals surface area contributed by atoms with Crippen molar-refractivity contribution in [3.8, 4) is 17.1 Å². The van der Waals surface area contributed by atoms with Crippen molar-refractivity contribution < 1.29 is 9.53 Å². The first kappa shape index (κ1) is 20.0. The lowest BCUT2D eigenvalue weighted by Crippen LogP contribution is -2.26. The van der Waals surface area contributed by atoms with E-state index in [0.29, 0.717) is 23.3 Å². The SMILES string of the molecule is C=CCn1c(SCC(=O)NCCCCC)nnc1-c1ccccc1OC. The summed E-state index contributed by atoms with van der Waals surface area (Å²) in [6.07, 6.45) is 5.07. The van der Waals surface area contributed by atoms with Gasteiger partial charge < -0.3 is 10.1 Å². The van der Waals surface area contributed by atoms with Crippen molar-refractivity contribution >= 4 is 17.7 Å². The Morgan fingerprint density at radius 3 is 2.88 bits per heavy atom. The molecule has 0 fully saturated rings. The van der Waals surface area contributed by atoms with Crippen molar-refractivity contribution in [2.45, 2.75) is 37.9 Å². The Morgan fingerprint density at radius 1 is 1.35 bits per heavy atom. The number of ether oxygens (including phenoxy) is 1. The van der Waals surface area contributed by atoms with Gasteiger partial charge in [0.05, 0.1) is 18.4 Å². The molecule has 1 aromatic carbocycles. The summed E-state index contributed by atoms with van der Waals surface area (Å²) < 4.78 is 7.37. The summed E-state index contributed by atoms with van der Waals surface area (Å²) in [5.41, 5.74) is 0.861. The zero-order chi connectivity index (χ0) is 18.8. The molecular formula is C19H26N4O2S. The zero-order valence-corrected chi connectivity index (χ0v) is 16.2. The maximum Gasteiger partial charge on any atom is 0.230 e. The Morgan fingerprint density at radius 2 is 2.15 bits per heavy atom. The van der Waals surface area contributed by atoms with Gasteiger partial charge in [0.2, 0.25) is 5.91 Å². The van der Waals surface area contributed by atoms with Crippen LogP contribution in [0.15, 0.2) is 42.1 Å². The van der Waals surface area contributed by atoms with Crippen molar-refractivity contribution in [2.24, 2.45) is 0 Å². The maximum absolute atomic E-state index is 12.0. The largest absolute Gasteiger partial charge is 0.496 e. The second kappa shape index (κ2) is 10.7. The number of hydrogen-bond acceptors (Lipinski definition) is 5. The van der Waals surface area contributed by atoms with Gasteiger partial charge >= 0.3 is 0 Å². The monoisotopic (exact) mass is 374 g/mol. The Labute approximate surface area is 159 Å². The highest BCUT2D eigenvalue weighted by Crippen LogP contribution is 2.30. The topological polar surface area (TPSA) is 69.0 Å². The van der Waals surface area contributed by atoms with Crippen LogP contribution in [0.4, 0.5) is 0 Å². The number of benzene rings is 1. The van der Waals surface area contributed by atoms with Gasteiger partial charge in [0.25, 0.3) is 0 Å². The van der Waals surface area contributed by atoms with E-state index in [1.165, 1.54) is 11.8 Å². The molecule has 7 heteroatoms. The lowest BCUT2D eigenvalue weighted by Gasteiger charge is -2.10. The summed E-state index contributed by atoms with van der Waals surface area (Å²) in [4.78, 5) is 12.0. The fourth-order valence-electron chi connectivity index (χ4n) is 2.50. The fourth-order valence-corrected chi connectivity index (χ4v) is 3.28. The lowest BCUT2D eigenvalue weighted by atomic mass is 10.2. The average molecular weight is 375 g/mol. The second-order valence-corrected chi connectivity index (χ2v) is 6.69. The van der Waals surface area contributed by atoms with Gasteiger partial charge in [-0.15, -0.1) is 16.8 Å². The summed E-state index contributed by atoms with van der Waals surface area (Å²) in [5, 5.41) is 12.2. The number of thioether (sulfide) groups is 1. The summed E-state index contributed by atoms with van der Waals surface area (Å²) in [5.74, 6) is 1.76. The molecule has 1 amide bonds. The molecule has 1 heterocycles. The standard InChI is InChI=1S/C19H26N4O2S/c1-4-6-9-12-20-17(24)14-26-19-22-21-18(23(19)13-5-2)15-10-7-8-11-16(15)25-3/h5,7-8,10-11H,2,4,6,9,12-14H2,1,3H3,(H,20,24). The molecule has 0 spiro atoms. The highest BCUT2D eigenvalue weighted by molar-refractivity contribution is 7.99. The van der Waals surface area contributed by atoms with Crippen LogP contribution in [0.1, 0.15) is 26.2 Å². The number of rotatable bonds is 11. The number of nitrogens with one attached hydrogen (secondary N) is 1. The molecule has 0 aliphatic heterocycles. The van der Waals surface area contributed by atoms with E-state index < -0.39 is 0 Å². The van der Waals surface area contributed by atoms with E-state index in [9.17, 15) is 4.79 Å². The Kier molecular flexibility index (Phi) is 8.21. The van der Waals surface area contributed by atoms with E-state index in [4.69, 9.17) is 4.74 Å². The van der Waals surface area contributed by atoms with E-state index in [0.717, 1.165) is 37.1 Å². The van der Waals surface area contributed by atoms with E-state index in [-0.39, 0.29) is 5.91 Å². The van der Waals surface area contributed by atoms with Crippen LogP contribution in [0.3, 0.4) is 0 Å². The van der Waals surface area contributed by atoms with Crippen molar-refractivity contribution in [1.29, 1.82) is 0 Å². The quantitative estimate of drug-likeness (QED) is 0.370. The Bertz CT molecular complexity index is 730. The Balaban J connectivity index is 2.09. The fraction of sp³-hybridized carbons (Fsp3) is 0.421. The number of methoxy groups -OCH3 is 1. The molecule has 6 nitrogen and oxygen atoms in total. The van der Waals surface area contributed by atoms with Crippen molar-refractivity contribution in [3.05, 3.63) is 36.9 Å². The second-order valence-electron chi connectivity index (χ2n) is 5.75. The van der Waals surface area contributed by atoms with Gasteiger partial charge in [0, 0.05) is 13.1 Å². The van der Waals surface area contributed by atoms with Gasteiger partial charge in [-0.25, -0.2) is 0 Å². The van der Waals surface area contributed by atoms with Crippen molar-refractivity contribution in [1.82, 2.24) is 20.1 Å². The number of amides is 1. The molecule has 0 aliphatic carbocycles. The van der Waals surface area contributed by atoms with Crippen LogP contribution >= 0.6 is 11.8 Å². The number of allylic oxidation sites excluding steroid dienone is 1. The minimum Gasteiger partial charge on any atom is -0.496 e. The molecule has 0 saturated heterocycles. The van der Waals surface area contributed by atoms with Crippen molar-refractivity contribution in [2.75, 3.05) is 19.4 Å². The van der Waals surface area contributed by atoms with Crippen molar-refractivity contribution in [3.63, 3.8) is 0 Å². The minimum absolute atomic E-state index is 0.0121. The highest BCUT2D eigenvalue weighted by atomic mass is 32.2. The first-order valence-electron chi connectivity index (χ1n) is 8.78. The van der Waals surface area contributed by atoms with Crippen LogP contribution in [0.2, 0.25) is 0 Å². The molecule has 1 aromatic heterocycles. The average Bonchev–Trinajstić information content (AvgIpc) is 3.06. The van der Waals surface area contributed by atoms with Gasteiger partial charge in [0.15, 0.2) is 11.0 Å². The van der Waals surface area contributed by atoms with Crippen LogP contribution in [-0.2, 0) is 11.3 Å². The van der Waals surface area contributed by atoms with Gasteiger partial charge in [-0.1, -0.05) is 49.7 Å². The van der Waals surface area contributed by atoms with E-state index >= 15 is 0 Å². The predicted octanol–water partition coefficient (Wildman–Crippen LogP) is 3.54. The van der Waals surface area contributed by atoms with Crippen LogP contribution < -0.4 is 10.1 Å². The first-order valence-corrected chi connectivity index (χ1v) is 9.76. The van der Waals surface area contributed by atoms with Crippen LogP contribution in [0.25, 0.3) is 11.4 Å². The highest BCUT2D eigenvalue weighted by Gasteiger charge is 2.17. The van der Waals surface area contributed by atoms with Gasteiger partial charge in [-0.2, -0.15) is 0 Å². The maximum atomic E-state index is 12.0. The van der Waals surface area contributed by atoms with Crippen LogP contribution in [0.5, 0.6) is 5.75 Å². The molecule has 2 aromatic rings. The molecule has 0 unspecified atom stereocenters. The molecular weight excluding hydrogens is 348 g/mol. The third kappa shape index (κ3) is 5.36. The molecule has 140 valence electrons. The number of carbonyl (C=O) groups is 1. The molecule has 1 N–H and O–H groups in total. The number of unbranched alkanes of at least 4 members (excludes halogenated alkanes) is 2. The third-order valence-electron chi connectivity index (χ3n) is 3.81. The lowest BCUT2D eigenvalue weighted by molar-refractivity contribution is -0.118. The summed E-state index contributed by atoms with van der Waals surface area (Å²) in [6, 6.07) is 7.67. The Hall–Kier alpha value is -2.28. The molecule has 26 heavy (non-hydrogen) atoms. The number of hydrogen-bond donors (Lipinski definition) is 1. The molecule has 0 atom stereocenters. The summed E-state index contributed by atoms with van der Waals surface area (Å²) >= 11 is 1.38.